The highest BCUT2D eigenvalue weighted by molar-refractivity contribution is 5.74. The first-order chi connectivity index (χ1) is 8.84. The van der Waals surface area contributed by atoms with Crippen LogP contribution >= 0.6 is 0 Å². The molecule has 0 amide bonds. The van der Waals surface area contributed by atoms with Gasteiger partial charge < -0.3 is 14.0 Å². The molecule has 0 saturated carbocycles. The minimum absolute atomic E-state index is 0.0519. The smallest absolute Gasteiger partial charge is 0.335 e. The lowest BCUT2D eigenvalue weighted by molar-refractivity contribution is -0.157. The summed E-state index contributed by atoms with van der Waals surface area (Å²) >= 11 is 0. The van der Waals surface area contributed by atoms with E-state index >= 15 is 0 Å². The zero-order valence-electron chi connectivity index (χ0n) is 11.8. The summed E-state index contributed by atoms with van der Waals surface area (Å²) in [6, 6.07) is 0. The van der Waals surface area contributed by atoms with Gasteiger partial charge in [0.1, 0.15) is 0 Å². The van der Waals surface area contributed by atoms with E-state index in [9.17, 15) is 4.79 Å². The third-order valence-electron chi connectivity index (χ3n) is 2.27. The van der Waals surface area contributed by atoms with Gasteiger partial charge in [-0.05, 0) is 6.92 Å². The molecule has 0 aliphatic rings. The quantitative estimate of drug-likeness (QED) is 0.580. The van der Waals surface area contributed by atoms with E-state index in [0.29, 0.717) is 12.4 Å². The van der Waals surface area contributed by atoms with Crippen molar-refractivity contribution in [2.75, 3.05) is 6.61 Å². The van der Waals surface area contributed by atoms with Gasteiger partial charge in [-0.2, -0.15) is 4.98 Å². The van der Waals surface area contributed by atoms with Crippen LogP contribution in [0.2, 0.25) is 0 Å². The molecule has 1 aromatic rings. The molecule has 0 spiro atoms. The van der Waals surface area contributed by atoms with E-state index in [0.717, 1.165) is 0 Å². The zero-order valence-corrected chi connectivity index (χ0v) is 11.8. The number of hydrogen-bond donors (Lipinski definition) is 0. The second-order valence-electron chi connectivity index (χ2n) is 5.13. The fourth-order valence-corrected chi connectivity index (χ4v) is 1.15. The van der Waals surface area contributed by atoms with E-state index in [4.69, 9.17) is 14.0 Å². The van der Waals surface area contributed by atoms with Crippen molar-refractivity contribution in [2.45, 2.75) is 45.8 Å². The van der Waals surface area contributed by atoms with Gasteiger partial charge in [0, 0.05) is 5.41 Å². The molecule has 0 saturated heterocycles. The molecule has 0 fully saturated rings. The summed E-state index contributed by atoms with van der Waals surface area (Å²) in [5.74, 6) is 0.376. The Morgan fingerprint density at radius 1 is 1.53 bits per heavy atom. The Morgan fingerprint density at radius 3 is 2.74 bits per heavy atom. The second-order valence-corrected chi connectivity index (χ2v) is 5.13. The van der Waals surface area contributed by atoms with Crippen LogP contribution < -0.4 is 0 Å². The first kappa shape index (κ1) is 15.4. The molecule has 106 valence electrons. The molecular formula is C13H20N2O4. The molecule has 1 rings (SSSR count). The van der Waals surface area contributed by atoms with Gasteiger partial charge in [0.2, 0.25) is 0 Å². The molecule has 6 nitrogen and oxygen atoms in total. The normalized spacial score (nSPS) is 13.1. The fourth-order valence-electron chi connectivity index (χ4n) is 1.15. The number of carbonyl (C=O) groups excluding carboxylic acids is 1. The first-order valence-electron chi connectivity index (χ1n) is 6.06. The van der Waals surface area contributed by atoms with Crippen molar-refractivity contribution in [3.63, 3.8) is 0 Å². The standard InChI is InChI=1S/C13H20N2O4/c1-6-7-17-9(2)11(16)18-8-10-14-12(15-19-10)13(3,4)5/h6,9H,1,7-8H2,2-5H3. The number of hydrogen-bond acceptors (Lipinski definition) is 6. The molecule has 1 unspecified atom stereocenters. The summed E-state index contributed by atoms with van der Waals surface area (Å²) in [6.07, 6.45) is 0.917. The van der Waals surface area contributed by atoms with E-state index < -0.39 is 12.1 Å². The van der Waals surface area contributed by atoms with Crippen LogP contribution in [0.15, 0.2) is 17.2 Å². The molecule has 0 N–H and O–H groups in total. The third-order valence-corrected chi connectivity index (χ3v) is 2.27. The van der Waals surface area contributed by atoms with Gasteiger partial charge in [-0.25, -0.2) is 4.79 Å². The van der Waals surface area contributed by atoms with E-state index in [2.05, 4.69) is 16.7 Å². The lowest BCUT2D eigenvalue weighted by atomic mass is 9.96. The lowest BCUT2D eigenvalue weighted by Gasteiger charge is -2.11. The van der Waals surface area contributed by atoms with Crippen LogP contribution in [-0.4, -0.2) is 28.8 Å². The minimum atomic E-state index is -0.650. The Bertz CT molecular complexity index is 434. The summed E-state index contributed by atoms with van der Waals surface area (Å²) in [6.45, 7) is 11.3. The molecule has 0 aliphatic heterocycles. The molecule has 6 heteroatoms. The van der Waals surface area contributed by atoms with E-state index in [1.54, 1.807) is 13.0 Å². The molecular weight excluding hydrogens is 248 g/mol. The summed E-state index contributed by atoms with van der Waals surface area (Å²) in [4.78, 5) is 15.7. The predicted octanol–water partition coefficient (Wildman–Crippen LogP) is 2.00. The minimum Gasteiger partial charge on any atom is -0.454 e. The first-order valence-corrected chi connectivity index (χ1v) is 6.06. The number of carbonyl (C=O) groups is 1. The number of esters is 1. The Morgan fingerprint density at radius 2 is 2.21 bits per heavy atom. The summed E-state index contributed by atoms with van der Waals surface area (Å²) < 4.78 is 15.2. The molecule has 1 heterocycles. The number of nitrogens with zero attached hydrogens (tertiary/aromatic N) is 2. The van der Waals surface area contributed by atoms with Gasteiger partial charge >= 0.3 is 5.97 Å². The van der Waals surface area contributed by atoms with Crippen molar-refractivity contribution >= 4 is 5.97 Å². The highest BCUT2D eigenvalue weighted by atomic mass is 16.6. The zero-order chi connectivity index (χ0) is 14.5. The van der Waals surface area contributed by atoms with Gasteiger partial charge in [-0.1, -0.05) is 32.0 Å². The second kappa shape index (κ2) is 6.47. The summed E-state index contributed by atoms with van der Waals surface area (Å²) in [7, 11) is 0. The van der Waals surface area contributed by atoms with E-state index in [1.165, 1.54) is 0 Å². The van der Waals surface area contributed by atoms with Gasteiger partial charge in [0.25, 0.3) is 5.89 Å². The van der Waals surface area contributed by atoms with E-state index in [-0.39, 0.29) is 17.9 Å². The van der Waals surface area contributed by atoms with Crippen molar-refractivity contribution in [3.05, 3.63) is 24.4 Å². The van der Waals surface area contributed by atoms with Crippen LogP contribution in [0.3, 0.4) is 0 Å². The van der Waals surface area contributed by atoms with Crippen molar-refractivity contribution in [1.82, 2.24) is 10.1 Å². The monoisotopic (exact) mass is 268 g/mol. The summed E-state index contributed by atoms with van der Waals surface area (Å²) in [5, 5.41) is 3.84. The highest BCUT2D eigenvalue weighted by Crippen LogP contribution is 2.18. The van der Waals surface area contributed by atoms with Crippen molar-refractivity contribution < 1.29 is 18.8 Å². The lowest BCUT2D eigenvalue weighted by Crippen LogP contribution is -2.23. The van der Waals surface area contributed by atoms with Crippen molar-refractivity contribution in [3.8, 4) is 0 Å². The number of ether oxygens (including phenoxy) is 2. The predicted molar refractivity (Wildman–Crippen MR) is 68.4 cm³/mol. The van der Waals surface area contributed by atoms with Crippen LogP contribution in [0.5, 0.6) is 0 Å². The maximum absolute atomic E-state index is 11.6. The maximum atomic E-state index is 11.6. The SMILES string of the molecule is C=CCOC(C)C(=O)OCc1nc(C(C)(C)C)no1. The van der Waals surface area contributed by atoms with Gasteiger partial charge in [0.15, 0.2) is 18.5 Å². The highest BCUT2D eigenvalue weighted by Gasteiger charge is 2.22. The van der Waals surface area contributed by atoms with Crippen LogP contribution in [0.25, 0.3) is 0 Å². The Kier molecular flexibility index (Phi) is 5.23. The summed E-state index contributed by atoms with van der Waals surface area (Å²) in [5.41, 5.74) is -0.202. The Hall–Kier alpha value is -1.69. The molecule has 1 aromatic heterocycles. The van der Waals surface area contributed by atoms with Crippen LogP contribution in [0.4, 0.5) is 0 Å². The Balaban J connectivity index is 2.46. The molecule has 0 aliphatic carbocycles. The molecule has 1 atom stereocenters. The van der Waals surface area contributed by atoms with Crippen molar-refractivity contribution in [2.24, 2.45) is 0 Å². The third kappa shape index (κ3) is 4.82. The van der Waals surface area contributed by atoms with Crippen LogP contribution in [0, 0.1) is 0 Å². The van der Waals surface area contributed by atoms with Gasteiger partial charge in [0.05, 0.1) is 6.61 Å². The molecule has 19 heavy (non-hydrogen) atoms. The topological polar surface area (TPSA) is 74.5 Å². The van der Waals surface area contributed by atoms with Crippen LogP contribution in [0.1, 0.15) is 39.4 Å². The molecule has 0 aromatic carbocycles. The Labute approximate surface area is 112 Å². The largest absolute Gasteiger partial charge is 0.454 e. The number of rotatable bonds is 6. The molecule has 0 bridgehead atoms. The van der Waals surface area contributed by atoms with Gasteiger partial charge in [-0.15, -0.1) is 6.58 Å². The number of aromatic nitrogens is 2. The average molecular weight is 268 g/mol. The van der Waals surface area contributed by atoms with Gasteiger partial charge in [-0.3, -0.25) is 0 Å². The fraction of sp³-hybridized carbons (Fsp3) is 0.615. The van der Waals surface area contributed by atoms with Crippen molar-refractivity contribution in [1.29, 1.82) is 0 Å². The van der Waals surface area contributed by atoms with E-state index in [1.807, 2.05) is 20.8 Å². The maximum Gasteiger partial charge on any atom is 0.335 e. The van der Waals surface area contributed by atoms with Crippen LogP contribution in [-0.2, 0) is 26.3 Å². The average Bonchev–Trinajstić information content (AvgIpc) is 2.81. The molecule has 0 radical (unpaired) electrons.